The second kappa shape index (κ2) is 4.10. The lowest BCUT2D eigenvalue weighted by molar-refractivity contribution is -0.153. The zero-order valence-electron chi connectivity index (χ0n) is 8.83. The first-order chi connectivity index (χ1) is 8.03. The predicted octanol–water partition coefficient (Wildman–Crippen LogP) is -0.816. The summed E-state index contributed by atoms with van der Waals surface area (Å²) < 4.78 is 0. The van der Waals surface area contributed by atoms with Gasteiger partial charge in [0, 0.05) is 25.2 Å². The van der Waals surface area contributed by atoms with E-state index >= 15 is 0 Å². The van der Waals surface area contributed by atoms with Crippen LogP contribution in [0.15, 0.2) is 18.7 Å². The van der Waals surface area contributed by atoms with E-state index in [0.29, 0.717) is 0 Å². The Morgan fingerprint density at radius 2 is 1.94 bits per heavy atom. The lowest BCUT2D eigenvalue weighted by Crippen LogP contribution is -2.64. The molecule has 7 nitrogen and oxygen atoms in total. The van der Waals surface area contributed by atoms with Crippen LogP contribution >= 0.6 is 0 Å². The number of carbonyl (C=O) groups excluding carboxylic acids is 1. The molecular weight excluding hydrogens is 226 g/mol. The molecule has 1 saturated carbocycles. The van der Waals surface area contributed by atoms with E-state index in [1.165, 1.54) is 18.7 Å². The van der Waals surface area contributed by atoms with Crippen molar-refractivity contribution in [3.05, 3.63) is 24.3 Å². The fourth-order valence-electron chi connectivity index (χ4n) is 1.78. The number of carbonyl (C=O) groups is 2. The van der Waals surface area contributed by atoms with Gasteiger partial charge in [-0.15, -0.1) is 0 Å². The molecule has 0 radical (unpaired) electrons. The molecule has 7 heteroatoms. The average Bonchev–Trinajstić information content (AvgIpc) is 2.27. The second-order valence-corrected chi connectivity index (χ2v) is 4.03. The first-order valence-corrected chi connectivity index (χ1v) is 5.02. The summed E-state index contributed by atoms with van der Waals surface area (Å²) in [6.45, 7) is 0. The van der Waals surface area contributed by atoms with Gasteiger partial charge in [0.15, 0.2) is 0 Å². The van der Waals surface area contributed by atoms with Gasteiger partial charge in [-0.25, -0.2) is 14.8 Å². The van der Waals surface area contributed by atoms with Gasteiger partial charge in [0.1, 0.15) is 11.9 Å². The Labute approximate surface area is 96.5 Å². The Kier molecular flexibility index (Phi) is 2.76. The quantitative estimate of drug-likeness (QED) is 0.633. The molecule has 0 spiro atoms. The van der Waals surface area contributed by atoms with Crippen LogP contribution in [0.1, 0.15) is 23.2 Å². The van der Waals surface area contributed by atoms with Gasteiger partial charge in [-0.05, 0) is 0 Å². The van der Waals surface area contributed by atoms with Crippen molar-refractivity contribution in [2.45, 2.75) is 24.5 Å². The highest BCUT2D eigenvalue weighted by molar-refractivity contribution is 5.97. The van der Waals surface area contributed by atoms with Gasteiger partial charge in [0.25, 0.3) is 5.91 Å². The third-order valence-corrected chi connectivity index (χ3v) is 2.75. The first-order valence-electron chi connectivity index (χ1n) is 5.02. The van der Waals surface area contributed by atoms with Gasteiger partial charge in [0.2, 0.25) is 0 Å². The first kappa shape index (κ1) is 11.5. The van der Waals surface area contributed by atoms with Crippen LogP contribution in [0.25, 0.3) is 0 Å². The van der Waals surface area contributed by atoms with Crippen molar-refractivity contribution in [1.29, 1.82) is 0 Å². The van der Waals surface area contributed by atoms with Crippen LogP contribution in [0.2, 0.25) is 0 Å². The molecule has 1 amide bonds. The maximum absolute atomic E-state index is 11.7. The van der Waals surface area contributed by atoms with E-state index in [4.69, 9.17) is 5.11 Å². The molecule has 2 rings (SSSR count). The van der Waals surface area contributed by atoms with Gasteiger partial charge in [-0.3, -0.25) is 4.79 Å². The zero-order chi connectivity index (χ0) is 12.5. The van der Waals surface area contributed by atoms with Crippen LogP contribution in [-0.2, 0) is 4.79 Å². The molecule has 3 N–H and O–H groups in total. The smallest absolute Gasteiger partial charge is 0.329 e. The minimum Gasteiger partial charge on any atom is -0.480 e. The minimum absolute atomic E-state index is 0.0156. The summed E-state index contributed by atoms with van der Waals surface area (Å²) in [4.78, 5) is 30.1. The van der Waals surface area contributed by atoms with Crippen molar-refractivity contribution in [2.75, 3.05) is 0 Å². The van der Waals surface area contributed by atoms with Gasteiger partial charge in [-0.1, -0.05) is 0 Å². The highest BCUT2D eigenvalue weighted by Crippen LogP contribution is 2.32. The molecule has 1 fully saturated rings. The van der Waals surface area contributed by atoms with Crippen molar-refractivity contribution in [3.8, 4) is 0 Å². The van der Waals surface area contributed by atoms with Crippen LogP contribution < -0.4 is 5.32 Å². The normalized spacial score (nSPS) is 27.0. The van der Waals surface area contributed by atoms with E-state index in [1.807, 2.05) is 0 Å². The summed E-state index contributed by atoms with van der Waals surface area (Å²) in [5.41, 5.74) is -1.18. The Morgan fingerprint density at radius 3 is 2.41 bits per heavy atom. The number of aromatic nitrogens is 2. The maximum Gasteiger partial charge on any atom is 0.329 e. The molecule has 1 aliphatic carbocycles. The van der Waals surface area contributed by atoms with Crippen molar-refractivity contribution >= 4 is 11.9 Å². The third kappa shape index (κ3) is 2.09. The third-order valence-electron chi connectivity index (χ3n) is 2.75. The molecular formula is C10H11N3O4. The molecule has 1 aliphatic rings. The monoisotopic (exact) mass is 237 g/mol. The molecule has 0 unspecified atom stereocenters. The largest absolute Gasteiger partial charge is 0.480 e. The van der Waals surface area contributed by atoms with E-state index < -0.39 is 23.5 Å². The second-order valence-electron chi connectivity index (χ2n) is 4.03. The summed E-state index contributed by atoms with van der Waals surface area (Å²) in [6, 6.07) is 0. The molecule has 0 saturated heterocycles. The number of aliphatic hydroxyl groups is 1. The number of aliphatic carboxylic acids is 1. The van der Waals surface area contributed by atoms with Crippen LogP contribution in [0.3, 0.4) is 0 Å². The number of carboxylic acid groups (broad SMARTS) is 1. The van der Waals surface area contributed by atoms with Crippen molar-refractivity contribution in [1.82, 2.24) is 15.3 Å². The molecule has 1 aromatic rings. The maximum atomic E-state index is 11.7. The van der Waals surface area contributed by atoms with Crippen molar-refractivity contribution < 1.29 is 19.8 Å². The van der Waals surface area contributed by atoms with E-state index in [0.717, 1.165) is 0 Å². The topological polar surface area (TPSA) is 112 Å². The number of rotatable bonds is 3. The Balaban J connectivity index is 2.10. The van der Waals surface area contributed by atoms with E-state index in [-0.39, 0.29) is 18.4 Å². The average molecular weight is 237 g/mol. The molecule has 0 aromatic carbocycles. The van der Waals surface area contributed by atoms with Crippen LogP contribution in [0.4, 0.5) is 0 Å². The molecule has 0 atom stereocenters. The minimum atomic E-state index is -1.37. The summed E-state index contributed by atoms with van der Waals surface area (Å²) >= 11 is 0. The van der Waals surface area contributed by atoms with Crippen LogP contribution in [0.5, 0.6) is 0 Å². The molecule has 0 aliphatic heterocycles. The Hall–Kier alpha value is -2.02. The summed E-state index contributed by atoms with van der Waals surface area (Å²) in [5, 5.41) is 20.6. The van der Waals surface area contributed by atoms with Gasteiger partial charge in [0.05, 0.1) is 11.7 Å². The number of nitrogens with zero attached hydrogens (tertiary/aromatic N) is 2. The van der Waals surface area contributed by atoms with E-state index in [1.54, 1.807) is 0 Å². The van der Waals surface area contributed by atoms with Crippen LogP contribution in [0, 0.1) is 0 Å². The number of amides is 1. The zero-order valence-corrected chi connectivity index (χ0v) is 8.83. The Morgan fingerprint density at radius 1 is 1.35 bits per heavy atom. The SMILES string of the molecule is O=C(NC1(C(=O)O)CC(O)C1)c1cncnc1. The molecule has 0 bridgehead atoms. The summed E-state index contributed by atoms with van der Waals surface area (Å²) in [7, 11) is 0. The Bertz CT molecular complexity index is 442. The van der Waals surface area contributed by atoms with Gasteiger partial charge < -0.3 is 15.5 Å². The molecule has 17 heavy (non-hydrogen) atoms. The van der Waals surface area contributed by atoms with E-state index in [2.05, 4.69) is 15.3 Å². The fraction of sp³-hybridized carbons (Fsp3) is 0.400. The standard InChI is InChI=1S/C10H11N3O4/c14-7-1-10(2-7,9(16)17)13-8(15)6-3-11-5-12-4-6/h3-5,7,14H,1-2H2,(H,13,15)(H,16,17). The fourth-order valence-corrected chi connectivity index (χ4v) is 1.78. The van der Waals surface area contributed by atoms with Gasteiger partial charge in [-0.2, -0.15) is 0 Å². The number of hydrogen-bond donors (Lipinski definition) is 3. The summed E-state index contributed by atoms with van der Waals surface area (Å²) in [5.74, 6) is -1.70. The lowest BCUT2D eigenvalue weighted by Gasteiger charge is -2.41. The van der Waals surface area contributed by atoms with E-state index in [9.17, 15) is 14.7 Å². The number of nitrogens with one attached hydrogen (secondary N) is 1. The molecule has 1 heterocycles. The molecule has 1 aromatic heterocycles. The number of carboxylic acids is 1. The predicted molar refractivity (Wildman–Crippen MR) is 55.1 cm³/mol. The number of hydrogen-bond acceptors (Lipinski definition) is 5. The number of aliphatic hydroxyl groups excluding tert-OH is 1. The molecule has 90 valence electrons. The highest BCUT2D eigenvalue weighted by Gasteiger charge is 2.51. The van der Waals surface area contributed by atoms with Gasteiger partial charge >= 0.3 is 5.97 Å². The van der Waals surface area contributed by atoms with Crippen molar-refractivity contribution in [3.63, 3.8) is 0 Å². The van der Waals surface area contributed by atoms with Crippen molar-refractivity contribution in [2.24, 2.45) is 0 Å². The van der Waals surface area contributed by atoms with Crippen LogP contribution in [-0.4, -0.2) is 43.7 Å². The highest BCUT2D eigenvalue weighted by atomic mass is 16.4. The summed E-state index contributed by atoms with van der Waals surface area (Å²) in [6.07, 6.45) is 3.22. The lowest BCUT2D eigenvalue weighted by atomic mass is 9.74.